The molecule has 1 aliphatic rings. The Balaban J connectivity index is 1.62. The molecule has 0 aliphatic carbocycles. The van der Waals surface area contributed by atoms with Crippen LogP contribution in [0.15, 0.2) is 36.8 Å². The summed E-state index contributed by atoms with van der Waals surface area (Å²) in [6.07, 6.45) is 6.95. The van der Waals surface area contributed by atoms with Crippen LogP contribution < -0.4 is 0 Å². The molecule has 1 fully saturated rings. The van der Waals surface area contributed by atoms with E-state index in [2.05, 4.69) is 20.1 Å². The van der Waals surface area contributed by atoms with E-state index >= 15 is 0 Å². The summed E-state index contributed by atoms with van der Waals surface area (Å²) in [4.78, 5) is 27.5. The first-order valence-corrected chi connectivity index (χ1v) is 8.08. The topological polar surface area (TPSA) is 76.8 Å². The number of nitrogens with zero attached hydrogens (tertiary/aromatic N) is 6. The van der Waals surface area contributed by atoms with Crippen molar-refractivity contribution in [2.24, 2.45) is 7.05 Å². The van der Waals surface area contributed by atoms with E-state index in [0.29, 0.717) is 12.2 Å². The van der Waals surface area contributed by atoms with Crippen molar-refractivity contribution in [3.63, 3.8) is 0 Å². The first kappa shape index (κ1) is 14.7. The zero-order valence-corrected chi connectivity index (χ0v) is 13.5. The first-order valence-electron chi connectivity index (χ1n) is 8.08. The van der Waals surface area contributed by atoms with Crippen molar-refractivity contribution in [3.8, 4) is 0 Å². The van der Waals surface area contributed by atoms with E-state index in [1.807, 2.05) is 24.1 Å². The number of hydrogen-bond acceptors (Lipinski definition) is 5. The fraction of sp³-hybridized carbons (Fsp3) is 0.353. The fourth-order valence-electron chi connectivity index (χ4n) is 3.32. The van der Waals surface area contributed by atoms with Crippen molar-refractivity contribution >= 4 is 17.1 Å². The van der Waals surface area contributed by atoms with Crippen LogP contribution in [0.2, 0.25) is 0 Å². The van der Waals surface area contributed by atoms with Crippen molar-refractivity contribution < 1.29 is 4.79 Å². The minimum absolute atomic E-state index is 0.0216. The zero-order chi connectivity index (χ0) is 16.5. The Morgan fingerprint density at radius 2 is 2.04 bits per heavy atom. The lowest BCUT2D eigenvalue weighted by Crippen LogP contribution is -2.39. The Kier molecular flexibility index (Phi) is 3.68. The van der Waals surface area contributed by atoms with E-state index in [-0.39, 0.29) is 11.8 Å². The highest BCUT2D eigenvalue weighted by atomic mass is 16.2. The van der Waals surface area contributed by atoms with Crippen LogP contribution >= 0.6 is 0 Å². The summed E-state index contributed by atoms with van der Waals surface area (Å²) in [5.74, 6) is 0.151. The molecule has 1 atom stereocenters. The number of aromatic nitrogens is 5. The standard InChI is InChI=1S/C17H18N6O/c1-22-16-15(19-8-9-20-16)14(21-22)12-5-4-10-23(11-12)17(24)13-6-2-3-7-18-13/h2-3,6-9,12H,4-5,10-11H2,1H3. The number of rotatable bonds is 2. The number of likely N-dealkylation sites (tertiary alicyclic amines) is 1. The van der Waals surface area contributed by atoms with E-state index in [1.54, 1.807) is 29.3 Å². The van der Waals surface area contributed by atoms with Crippen LogP contribution in [0.1, 0.15) is 34.9 Å². The van der Waals surface area contributed by atoms with Crippen LogP contribution in [0.4, 0.5) is 0 Å². The fourth-order valence-corrected chi connectivity index (χ4v) is 3.32. The Morgan fingerprint density at radius 3 is 2.88 bits per heavy atom. The summed E-state index contributed by atoms with van der Waals surface area (Å²) in [5, 5.41) is 4.62. The molecule has 0 radical (unpaired) electrons. The molecule has 0 aromatic carbocycles. The number of aryl methyl sites for hydroxylation is 1. The summed E-state index contributed by atoms with van der Waals surface area (Å²) in [5.41, 5.74) is 3.03. The predicted octanol–water partition coefficient (Wildman–Crippen LogP) is 1.78. The molecule has 0 saturated carbocycles. The minimum atomic E-state index is -0.0216. The predicted molar refractivity (Wildman–Crippen MR) is 88.4 cm³/mol. The molecule has 4 rings (SSSR count). The van der Waals surface area contributed by atoms with Crippen molar-refractivity contribution in [2.45, 2.75) is 18.8 Å². The molecule has 7 nitrogen and oxygen atoms in total. The summed E-state index contributed by atoms with van der Waals surface area (Å²) in [6, 6.07) is 5.41. The van der Waals surface area contributed by atoms with Gasteiger partial charge in [0.05, 0.1) is 5.69 Å². The first-order chi connectivity index (χ1) is 11.7. The Hall–Kier alpha value is -2.83. The van der Waals surface area contributed by atoms with E-state index in [1.165, 1.54) is 0 Å². The van der Waals surface area contributed by atoms with Crippen molar-refractivity contribution in [3.05, 3.63) is 48.2 Å². The van der Waals surface area contributed by atoms with Gasteiger partial charge in [-0.25, -0.2) is 14.6 Å². The van der Waals surface area contributed by atoms with E-state index in [9.17, 15) is 4.79 Å². The van der Waals surface area contributed by atoms with Gasteiger partial charge in [-0.15, -0.1) is 0 Å². The van der Waals surface area contributed by atoms with Crippen LogP contribution in [0.3, 0.4) is 0 Å². The molecule has 0 bridgehead atoms. The van der Waals surface area contributed by atoms with Gasteiger partial charge in [-0.05, 0) is 25.0 Å². The molecule has 4 heterocycles. The third-order valence-corrected chi connectivity index (χ3v) is 4.47. The van der Waals surface area contributed by atoms with Gasteiger partial charge in [-0.2, -0.15) is 5.10 Å². The number of carbonyl (C=O) groups excluding carboxylic acids is 1. The van der Waals surface area contributed by atoms with Crippen LogP contribution in [-0.2, 0) is 7.05 Å². The van der Waals surface area contributed by atoms with Crippen molar-refractivity contribution in [1.82, 2.24) is 29.6 Å². The average molecular weight is 322 g/mol. The third-order valence-electron chi connectivity index (χ3n) is 4.47. The number of pyridine rings is 1. The maximum atomic E-state index is 12.7. The smallest absolute Gasteiger partial charge is 0.272 e. The molecule has 1 aliphatic heterocycles. The average Bonchev–Trinajstić information content (AvgIpc) is 2.99. The van der Waals surface area contributed by atoms with Crippen LogP contribution in [0, 0.1) is 0 Å². The molecule has 1 amide bonds. The third kappa shape index (κ3) is 2.51. The number of piperidine rings is 1. The van der Waals surface area contributed by atoms with E-state index < -0.39 is 0 Å². The van der Waals surface area contributed by atoms with Gasteiger partial charge in [0.1, 0.15) is 11.2 Å². The maximum Gasteiger partial charge on any atom is 0.272 e. The Morgan fingerprint density at radius 1 is 1.17 bits per heavy atom. The highest BCUT2D eigenvalue weighted by molar-refractivity contribution is 5.92. The Bertz CT molecular complexity index is 875. The molecule has 1 saturated heterocycles. The van der Waals surface area contributed by atoms with Crippen LogP contribution in [-0.4, -0.2) is 48.6 Å². The lowest BCUT2D eigenvalue weighted by atomic mass is 9.94. The molecular formula is C17H18N6O. The quantitative estimate of drug-likeness (QED) is 0.719. The second-order valence-electron chi connectivity index (χ2n) is 6.04. The Labute approximate surface area is 139 Å². The maximum absolute atomic E-state index is 12.7. The second kappa shape index (κ2) is 5.99. The summed E-state index contributed by atoms with van der Waals surface area (Å²) in [6.45, 7) is 1.39. The van der Waals surface area contributed by atoms with Crippen molar-refractivity contribution in [1.29, 1.82) is 0 Å². The normalized spacial score (nSPS) is 18.0. The highest BCUT2D eigenvalue weighted by Crippen LogP contribution is 2.30. The zero-order valence-electron chi connectivity index (χ0n) is 13.5. The van der Waals surface area contributed by atoms with Gasteiger partial charge in [0.15, 0.2) is 5.65 Å². The largest absolute Gasteiger partial charge is 0.337 e. The molecular weight excluding hydrogens is 304 g/mol. The number of fused-ring (bicyclic) bond motifs is 1. The van der Waals surface area contributed by atoms with Gasteiger partial charge in [0.25, 0.3) is 5.91 Å². The molecule has 1 unspecified atom stereocenters. The SMILES string of the molecule is Cn1nc(C2CCCN(C(=O)c3ccccn3)C2)c2nccnc21. The molecule has 0 spiro atoms. The molecule has 0 N–H and O–H groups in total. The summed E-state index contributed by atoms with van der Waals surface area (Å²) >= 11 is 0. The highest BCUT2D eigenvalue weighted by Gasteiger charge is 2.29. The number of carbonyl (C=O) groups is 1. The summed E-state index contributed by atoms with van der Waals surface area (Å²) < 4.78 is 1.76. The number of amides is 1. The molecule has 122 valence electrons. The molecule has 3 aromatic heterocycles. The molecule has 24 heavy (non-hydrogen) atoms. The molecule has 7 heteroatoms. The lowest BCUT2D eigenvalue weighted by Gasteiger charge is -2.31. The second-order valence-corrected chi connectivity index (χ2v) is 6.04. The van der Waals surface area contributed by atoms with Crippen LogP contribution in [0.5, 0.6) is 0 Å². The lowest BCUT2D eigenvalue weighted by molar-refractivity contribution is 0.0700. The van der Waals surface area contributed by atoms with Gasteiger partial charge < -0.3 is 4.90 Å². The van der Waals surface area contributed by atoms with E-state index in [4.69, 9.17) is 0 Å². The van der Waals surface area contributed by atoms with Gasteiger partial charge in [-0.1, -0.05) is 6.07 Å². The van der Waals surface area contributed by atoms with Gasteiger partial charge in [0, 0.05) is 44.6 Å². The summed E-state index contributed by atoms with van der Waals surface area (Å²) in [7, 11) is 1.88. The van der Waals surface area contributed by atoms with Crippen molar-refractivity contribution in [2.75, 3.05) is 13.1 Å². The van der Waals surface area contributed by atoms with Crippen LogP contribution in [0.25, 0.3) is 11.2 Å². The minimum Gasteiger partial charge on any atom is -0.337 e. The molecule has 3 aromatic rings. The van der Waals surface area contributed by atoms with E-state index in [0.717, 1.165) is 36.2 Å². The van der Waals surface area contributed by atoms with Gasteiger partial charge in [-0.3, -0.25) is 9.78 Å². The monoisotopic (exact) mass is 322 g/mol. The van der Waals surface area contributed by atoms with Gasteiger partial charge in [0.2, 0.25) is 0 Å². The van der Waals surface area contributed by atoms with Gasteiger partial charge >= 0.3 is 0 Å². The number of hydrogen-bond donors (Lipinski definition) is 0.